The molecule has 2 amide bonds. The average Bonchev–Trinajstić information content (AvgIpc) is 3.56. The largest absolute Gasteiger partial charge is 0.497 e. The van der Waals surface area contributed by atoms with E-state index in [9.17, 15) is 9.59 Å². The van der Waals surface area contributed by atoms with E-state index < -0.39 is 0 Å². The number of nitrogens with zero attached hydrogens (tertiary/aromatic N) is 3. The molecule has 6 nitrogen and oxygen atoms in total. The zero-order valence-corrected chi connectivity index (χ0v) is 24.1. The maximum Gasteiger partial charge on any atom is 0.229 e. The molecule has 4 fully saturated rings. The molecule has 1 saturated carbocycles. The summed E-state index contributed by atoms with van der Waals surface area (Å²) in [6.07, 6.45) is 8.65. The zero-order chi connectivity index (χ0) is 27.5. The van der Waals surface area contributed by atoms with Gasteiger partial charge in [-0.05, 0) is 74.4 Å². The number of likely N-dealkylation sites (tertiary alicyclic amines) is 3. The van der Waals surface area contributed by atoms with Crippen molar-refractivity contribution >= 4 is 11.8 Å². The monoisotopic (exact) mass is 543 g/mol. The first-order valence-electron chi connectivity index (χ1n) is 15.5. The first-order valence-corrected chi connectivity index (χ1v) is 15.5. The smallest absolute Gasteiger partial charge is 0.229 e. The summed E-state index contributed by atoms with van der Waals surface area (Å²) in [6, 6.07) is 18.9. The Bertz CT molecular complexity index is 1150. The lowest BCUT2D eigenvalue weighted by molar-refractivity contribution is -0.139. The maximum absolute atomic E-state index is 13.6. The lowest BCUT2D eigenvalue weighted by atomic mass is 9.76. The number of hydrogen-bond acceptors (Lipinski definition) is 4. The fourth-order valence-electron chi connectivity index (χ4n) is 7.88. The van der Waals surface area contributed by atoms with Crippen LogP contribution in [0.25, 0.3) is 0 Å². The van der Waals surface area contributed by atoms with E-state index in [1.165, 1.54) is 24.8 Å². The van der Waals surface area contributed by atoms with Gasteiger partial charge in [-0.3, -0.25) is 9.59 Å². The predicted molar refractivity (Wildman–Crippen MR) is 157 cm³/mol. The topological polar surface area (TPSA) is 53.1 Å². The Morgan fingerprint density at radius 1 is 0.900 bits per heavy atom. The molecule has 1 spiro atoms. The van der Waals surface area contributed by atoms with Crippen molar-refractivity contribution in [2.75, 3.05) is 46.4 Å². The molecule has 40 heavy (non-hydrogen) atoms. The molecule has 4 aliphatic rings. The summed E-state index contributed by atoms with van der Waals surface area (Å²) in [4.78, 5) is 33.9. The standard InChI is InChI=1S/C34H45N3O3/c1-40-30-14-12-26(13-15-30)22-36-21-18-34(33(36)39)16-19-35(20-17-34)23-29-24-37(32(38)28-10-6-3-7-11-28)25-31(29)27-8-4-2-5-9-27/h2,4-5,8-9,12-15,28-29,31H,3,6-7,10-11,16-25H2,1H3/t29-,31+/m0/s1. The van der Waals surface area contributed by atoms with Gasteiger partial charge in [0.05, 0.1) is 12.5 Å². The molecule has 214 valence electrons. The van der Waals surface area contributed by atoms with Gasteiger partial charge in [0, 0.05) is 44.6 Å². The summed E-state index contributed by atoms with van der Waals surface area (Å²) in [6.45, 7) is 6.19. The molecular weight excluding hydrogens is 498 g/mol. The third kappa shape index (κ3) is 5.65. The van der Waals surface area contributed by atoms with Crippen LogP contribution in [0.5, 0.6) is 5.75 Å². The van der Waals surface area contributed by atoms with E-state index in [4.69, 9.17) is 4.74 Å². The SMILES string of the molecule is COc1ccc(CN2CCC3(CCN(C[C@H]4CN(C(=O)C5CCCCC5)C[C@@H]4c4ccccc4)CC3)C2=O)cc1. The first kappa shape index (κ1) is 27.3. The molecule has 6 heteroatoms. The predicted octanol–water partition coefficient (Wildman–Crippen LogP) is 5.33. The van der Waals surface area contributed by atoms with Gasteiger partial charge in [-0.2, -0.15) is 0 Å². The summed E-state index contributed by atoms with van der Waals surface area (Å²) >= 11 is 0. The quantitative estimate of drug-likeness (QED) is 0.474. The molecule has 0 radical (unpaired) electrons. The molecule has 0 unspecified atom stereocenters. The Morgan fingerprint density at radius 3 is 2.30 bits per heavy atom. The van der Waals surface area contributed by atoms with Crippen LogP contribution in [0.3, 0.4) is 0 Å². The number of rotatable bonds is 7. The Morgan fingerprint density at radius 2 is 1.60 bits per heavy atom. The van der Waals surface area contributed by atoms with Crippen LogP contribution in [0.4, 0.5) is 0 Å². The number of methoxy groups -OCH3 is 1. The molecule has 3 saturated heterocycles. The summed E-state index contributed by atoms with van der Waals surface area (Å²) < 4.78 is 5.28. The second kappa shape index (κ2) is 11.9. The Kier molecular flexibility index (Phi) is 8.15. The van der Waals surface area contributed by atoms with Crippen LogP contribution in [-0.2, 0) is 16.1 Å². The number of carbonyl (C=O) groups excluding carboxylic acids is 2. The number of hydrogen-bond donors (Lipinski definition) is 0. The molecule has 3 heterocycles. The molecule has 6 rings (SSSR count). The zero-order valence-electron chi connectivity index (χ0n) is 24.1. The van der Waals surface area contributed by atoms with Crippen molar-refractivity contribution in [2.45, 2.75) is 63.8 Å². The van der Waals surface area contributed by atoms with Crippen LogP contribution in [-0.4, -0.2) is 72.9 Å². The highest BCUT2D eigenvalue weighted by molar-refractivity contribution is 5.85. The van der Waals surface area contributed by atoms with Crippen molar-refractivity contribution in [2.24, 2.45) is 17.3 Å². The molecule has 2 aromatic rings. The van der Waals surface area contributed by atoms with Crippen LogP contribution >= 0.6 is 0 Å². The van der Waals surface area contributed by atoms with Gasteiger partial charge < -0.3 is 19.4 Å². The van der Waals surface area contributed by atoms with Crippen molar-refractivity contribution in [3.63, 3.8) is 0 Å². The number of amides is 2. The van der Waals surface area contributed by atoms with Gasteiger partial charge in [0.1, 0.15) is 5.75 Å². The summed E-state index contributed by atoms with van der Waals surface area (Å²) in [5, 5.41) is 0. The molecule has 0 aromatic heterocycles. The van der Waals surface area contributed by atoms with Crippen molar-refractivity contribution in [3.8, 4) is 5.75 Å². The number of ether oxygens (including phenoxy) is 1. The van der Waals surface area contributed by atoms with Crippen LogP contribution in [0.15, 0.2) is 54.6 Å². The third-order valence-electron chi connectivity index (χ3n) is 10.4. The van der Waals surface area contributed by atoms with E-state index >= 15 is 0 Å². The fraction of sp³-hybridized carbons (Fsp3) is 0.588. The van der Waals surface area contributed by atoms with Gasteiger partial charge >= 0.3 is 0 Å². The molecular formula is C34H45N3O3. The molecule has 3 aliphatic heterocycles. The minimum atomic E-state index is -0.194. The summed E-state index contributed by atoms with van der Waals surface area (Å²) in [5.74, 6) is 2.64. The van der Waals surface area contributed by atoms with E-state index in [2.05, 4.69) is 57.2 Å². The van der Waals surface area contributed by atoms with Crippen LogP contribution in [0, 0.1) is 17.3 Å². The molecule has 2 atom stereocenters. The van der Waals surface area contributed by atoms with Gasteiger partial charge in [-0.1, -0.05) is 61.7 Å². The van der Waals surface area contributed by atoms with Gasteiger partial charge in [0.2, 0.25) is 11.8 Å². The minimum Gasteiger partial charge on any atom is -0.497 e. The Hall–Kier alpha value is -2.86. The highest BCUT2D eigenvalue weighted by Gasteiger charge is 2.48. The highest BCUT2D eigenvalue weighted by Crippen LogP contribution is 2.43. The molecule has 0 bridgehead atoms. The van der Waals surface area contributed by atoms with Gasteiger partial charge in [-0.15, -0.1) is 0 Å². The third-order valence-corrected chi connectivity index (χ3v) is 10.4. The average molecular weight is 544 g/mol. The molecule has 1 aliphatic carbocycles. The Balaban J connectivity index is 1.07. The van der Waals surface area contributed by atoms with Crippen molar-refractivity contribution < 1.29 is 14.3 Å². The minimum absolute atomic E-state index is 0.194. The molecule has 0 N–H and O–H groups in total. The van der Waals surface area contributed by atoms with E-state index in [-0.39, 0.29) is 11.3 Å². The first-order chi connectivity index (χ1) is 19.5. The fourth-order valence-corrected chi connectivity index (χ4v) is 7.88. The highest BCUT2D eigenvalue weighted by atomic mass is 16.5. The number of carbonyl (C=O) groups is 2. The summed E-state index contributed by atoms with van der Waals surface area (Å²) in [5.41, 5.74) is 2.32. The lowest BCUT2D eigenvalue weighted by Gasteiger charge is -2.39. The van der Waals surface area contributed by atoms with Crippen LogP contribution in [0.1, 0.15) is 68.4 Å². The van der Waals surface area contributed by atoms with Crippen molar-refractivity contribution in [1.29, 1.82) is 0 Å². The van der Waals surface area contributed by atoms with Crippen molar-refractivity contribution in [3.05, 3.63) is 65.7 Å². The Labute approximate surface area is 239 Å². The van der Waals surface area contributed by atoms with E-state index in [0.717, 1.165) is 82.7 Å². The second-order valence-corrected chi connectivity index (χ2v) is 12.8. The van der Waals surface area contributed by atoms with Crippen LogP contribution < -0.4 is 4.74 Å². The lowest BCUT2D eigenvalue weighted by Crippen LogP contribution is -2.46. The van der Waals surface area contributed by atoms with E-state index in [1.807, 2.05) is 12.1 Å². The van der Waals surface area contributed by atoms with Crippen molar-refractivity contribution in [1.82, 2.24) is 14.7 Å². The number of benzene rings is 2. The van der Waals surface area contributed by atoms with Gasteiger partial charge in [-0.25, -0.2) is 0 Å². The summed E-state index contributed by atoms with van der Waals surface area (Å²) in [7, 11) is 1.68. The van der Waals surface area contributed by atoms with E-state index in [1.54, 1.807) is 7.11 Å². The van der Waals surface area contributed by atoms with Gasteiger partial charge in [0.25, 0.3) is 0 Å². The molecule has 2 aromatic carbocycles. The maximum atomic E-state index is 13.6. The van der Waals surface area contributed by atoms with E-state index in [0.29, 0.717) is 30.2 Å². The normalized spacial score (nSPS) is 25.6. The van der Waals surface area contributed by atoms with Crippen LogP contribution in [0.2, 0.25) is 0 Å². The second-order valence-electron chi connectivity index (χ2n) is 12.8. The van der Waals surface area contributed by atoms with Gasteiger partial charge in [0.15, 0.2) is 0 Å². The number of piperidine rings is 1.